The van der Waals surface area contributed by atoms with E-state index in [1.165, 1.54) is 0 Å². The van der Waals surface area contributed by atoms with Crippen LogP contribution in [0.2, 0.25) is 0 Å². The highest BCUT2D eigenvalue weighted by atomic mass is 16.7. The number of carbonyl (C=O) groups excluding carboxylic acids is 2. The fourth-order valence-electron chi connectivity index (χ4n) is 2.36. The molecule has 2 aliphatic rings. The standard InChI is InChI=1S/C13H22N2O4/c1-10(2)12(17)14-9-11(16)15-5-3-13(4-6-15)18-7-8-19-13/h10H,3-9H2,1-2H3,(H,14,17). The molecule has 0 aromatic heterocycles. The average Bonchev–Trinajstić information content (AvgIpc) is 2.84. The van der Waals surface area contributed by atoms with Gasteiger partial charge in [-0.25, -0.2) is 0 Å². The van der Waals surface area contributed by atoms with Crippen LogP contribution in [0.15, 0.2) is 0 Å². The number of hydrogen-bond acceptors (Lipinski definition) is 4. The Labute approximate surface area is 113 Å². The van der Waals surface area contributed by atoms with Crippen molar-refractivity contribution in [3.8, 4) is 0 Å². The van der Waals surface area contributed by atoms with Gasteiger partial charge in [0.1, 0.15) is 0 Å². The Kier molecular flexibility index (Phi) is 4.42. The Hall–Kier alpha value is -1.14. The molecular weight excluding hydrogens is 248 g/mol. The lowest BCUT2D eigenvalue weighted by Crippen LogP contribution is -2.50. The molecule has 0 aliphatic carbocycles. The molecule has 0 bridgehead atoms. The summed E-state index contributed by atoms with van der Waals surface area (Å²) in [5.41, 5.74) is 0. The number of piperidine rings is 1. The van der Waals surface area contributed by atoms with E-state index >= 15 is 0 Å². The van der Waals surface area contributed by atoms with Gasteiger partial charge in [0.05, 0.1) is 19.8 Å². The molecular formula is C13H22N2O4. The largest absolute Gasteiger partial charge is 0.347 e. The molecule has 2 fully saturated rings. The molecule has 0 radical (unpaired) electrons. The Morgan fingerprint density at radius 2 is 1.79 bits per heavy atom. The summed E-state index contributed by atoms with van der Waals surface area (Å²) >= 11 is 0. The highest BCUT2D eigenvalue weighted by molar-refractivity contribution is 5.85. The second kappa shape index (κ2) is 5.88. The fourth-order valence-corrected chi connectivity index (χ4v) is 2.36. The predicted octanol–water partition coefficient (Wildman–Crippen LogP) is 0.124. The zero-order valence-electron chi connectivity index (χ0n) is 11.6. The minimum atomic E-state index is -0.460. The molecule has 6 heteroatoms. The van der Waals surface area contributed by atoms with Crippen LogP contribution in [0.3, 0.4) is 0 Å². The van der Waals surface area contributed by atoms with Gasteiger partial charge in [0.15, 0.2) is 5.79 Å². The number of rotatable bonds is 3. The van der Waals surface area contributed by atoms with E-state index in [1.807, 2.05) is 0 Å². The summed E-state index contributed by atoms with van der Waals surface area (Å²) in [6.07, 6.45) is 1.41. The third-order valence-corrected chi connectivity index (χ3v) is 3.63. The van der Waals surface area contributed by atoms with Crippen LogP contribution in [0.1, 0.15) is 26.7 Å². The van der Waals surface area contributed by atoms with E-state index in [0.717, 1.165) is 0 Å². The van der Waals surface area contributed by atoms with Crippen molar-refractivity contribution < 1.29 is 19.1 Å². The SMILES string of the molecule is CC(C)C(=O)NCC(=O)N1CCC2(CC1)OCCO2. The first-order valence-corrected chi connectivity index (χ1v) is 6.86. The number of amides is 2. The van der Waals surface area contributed by atoms with Crippen LogP contribution >= 0.6 is 0 Å². The Balaban J connectivity index is 1.74. The highest BCUT2D eigenvalue weighted by Gasteiger charge is 2.40. The first-order valence-electron chi connectivity index (χ1n) is 6.86. The second-order valence-electron chi connectivity index (χ2n) is 5.36. The van der Waals surface area contributed by atoms with Crippen LogP contribution in [-0.4, -0.2) is 55.3 Å². The molecule has 0 aromatic rings. The minimum Gasteiger partial charge on any atom is -0.347 e. The van der Waals surface area contributed by atoms with Crippen molar-refractivity contribution in [2.75, 3.05) is 32.8 Å². The van der Waals surface area contributed by atoms with Crippen molar-refractivity contribution >= 4 is 11.8 Å². The lowest BCUT2D eigenvalue weighted by Gasteiger charge is -2.37. The average molecular weight is 270 g/mol. The topological polar surface area (TPSA) is 67.9 Å². The summed E-state index contributed by atoms with van der Waals surface area (Å²) in [5, 5.41) is 2.65. The van der Waals surface area contributed by atoms with Crippen LogP contribution in [0.25, 0.3) is 0 Å². The first kappa shape index (κ1) is 14.3. The summed E-state index contributed by atoms with van der Waals surface area (Å²) < 4.78 is 11.2. The van der Waals surface area contributed by atoms with E-state index in [1.54, 1.807) is 18.7 Å². The third-order valence-electron chi connectivity index (χ3n) is 3.63. The summed E-state index contributed by atoms with van der Waals surface area (Å²) in [6, 6.07) is 0. The molecule has 6 nitrogen and oxygen atoms in total. The van der Waals surface area contributed by atoms with Gasteiger partial charge in [-0.3, -0.25) is 9.59 Å². The number of carbonyl (C=O) groups is 2. The Morgan fingerprint density at radius 3 is 2.32 bits per heavy atom. The molecule has 2 aliphatic heterocycles. The van der Waals surface area contributed by atoms with E-state index in [0.29, 0.717) is 39.1 Å². The highest BCUT2D eigenvalue weighted by Crippen LogP contribution is 2.31. The molecule has 0 atom stereocenters. The molecule has 0 saturated carbocycles. The van der Waals surface area contributed by atoms with Gasteiger partial charge in [0.25, 0.3) is 0 Å². The maximum absolute atomic E-state index is 12.0. The van der Waals surface area contributed by atoms with Crippen molar-refractivity contribution in [2.24, 2.45) is 5.92 Å². The molecule has 2 amide bonds. The fraction of sp³-hybridized carbons (Fsp3) is 0.846. The van der Waals surface area contributed by atoms with Crippen LogP contribution in [0.5, 0.6) is 0 Å². The van der Waals surface area contributed by atoms with Crippen LogP contribution in [-0.2, 0) is 19.1 Å². The van der Waals surface area contributed by atoms with Crippen molar-refractivity contribution in [2.45, 2.75) is 32.5 Å². The monoisotopic (exact) mass is 270 g/mol. The number of nitrogens with zero attached hydrogens (tertiary/aromatic N) is 1. The van der Waals surface area contributed by atoms with E-state index < -0.39 is 5.79 Å². The number of likely N-dealkylation sites (tertiary alicyclic amines) is 1. The first-order chi connectivity index (χ1) is 9.02. The maximum atomic E-state index is 12.0. The van der Waals surface area contributed by atoms with Gasteiger partial charge in [0, 0.05) is 31.8 Å². The summed E-state index contributed by atoms with van der Waals surface area (Å²) in [7, 11) is 0. The smallest absolute Gasteiger partial charge is 0.241 e. The molecule has 0 unspecified atom stereocenters. The molecule has 1 N–H and O–H groups in total. The summed E-state index contributed by atoms with van der Waals surface area (Å²) in [6.45, 7) is 6.20. The zero-order chi connectivity index (χ0) is 13.9. The molecule has 2 saturated heterocycles. The minimum absolute atomic E-state index is 0.0400. The second-order valence-corrected chi connectivity index (χ2v) is 5.36. The Morgan fingerprint density at radius 1 is 1.21 bits per heavy atom. The van der Waals surface area contributed by atoms with Gasteiger partial charge in [-0.05, 0) is 0 Å². The molecule has 0 aromatic carbocycles. The lowest BCUT2D eigenvalue weighted by molar-refractivity contribution is -0.187. The van der Waals surface area contributed by atoms with Crippen molar-refractivity contribution in [1.29, 1.82) is 0 Å². The van der Waals surface area contributed by atoms with Gasteiger partial charge in [-0.15, -0.1) is 0 Å². The zero-order valence-corrected chi connectivity index (χ0v) is 11.6. The van der Waals surface area contributed by atoms with Crippen molar-refractivity contribution in [3.05, 3.63) is 0 Å². The quantitative estimate of drug-likeness (QED) is 0.791. The van der Waals surface area contributed by atoms with Gasteiger partial charge in [-0.2, -0.15) is 0 Å². The van der Waals surface area contributed by atoms with Gasteiger partial charge >= 0.3 is 0 Å². The van der Waals surface area contributed by atoms with Gasteiger partial charge < -0.3 is 19.7 Å². The van der Waals surface area contributed by atoms with Crippen molar-refractivity contribution in [1.82, 2.24) is 10.2 Å². The lowest BCUT2D eigenvalue weighted by atomic mass is 10.0. The van der Waals surface area contributed by atoms with Crippen molar-refractivity contribution in [3.63, 3.8) is 0 Å². The van der Waals surface area contributed by atoms with Crippen LogP contribution in [0.4, 0.5) is 0 Å². The van der Waals surface area contributed by atoms with Crippen LogP contribution < -0.4 is 5.32 Å². The summed E-state index contributed by atoms with van der Waals surface area (Å²) in [5.74, 6) is -0.693. The Bertz CT molecular complexity index is 341. The van der Waals surface area contributed by atoms with Gasteiger partial charge in [0.2, 0.25) is 11.8 Å². The molecule has 1 spiro atoms. The number of hydrogen-bond donors (Lipinski definition) is 1. The molecule has 19 heavy (non-hydrogen) atoms. The van der Waals surface area contributed by atoms with E-state index in [4.69, 9.17) is 9.47 Å². The third kappa shape index (κ3) is 3.45. The molecule has 2 heterocycles. The summed E-state index contributed by atoms with van der Waals surface area (Å²) in [4.78, 5) is 25.1. The van der Waals surface area contributed by atoms with Crippen LogP contribution in [0, 0.1) is 5.92 Å². The van der Waals surface area contributed by atoms with Gasteiger partial charge in [-0.1, -0.05) is 13.8 Å². The van der Waals surface area contributed by atoms with E-state index in [-0.39, 0.29) is 24.3 Å². The predicted molar refractivity (Wildman–Crippen MR) is 68.3 cm³/mol. The number of nitrogens with one attached hydrogen (secondary N) is 1. The van der Waals surface area contributed by atoms with E-state index in [9.17, 15) is 9.59 Å². The number of ether oxygens (including phenoxy) is 2. The molecule has 108 valence electrons. The normalized spacial score (nSPS) is 21.9. The molecule has 2 rings (SSSR count). The maximum Gasteiger partial charge on any atom is 0.241 e. The van der Waals surface area contributed by atoms with E-state index in [2.05, 4.69) is 5.32 Å².